The molecule has 0 aliphatic carbocycles. The molecule has 0 spiro atoms. The molecule has 17 heavy (non-hydrogen) atoms. The first-order chi connectivity index (χ1) is 7.80. The van der Waals surface area contributed by atoms with E-state index < -0.39 is 24.6 Å². The molecular formula is C10H8F5NO. The summed E-state index contributed by atoms with van der Waals surface area (Å²) >= 11 is 0. The molecule has 0 heterocycles. The maximum Gasteiger partial charge on any atom is 0.444 e. The van der Waals surface area contributed by atoms with Crippen molar-refractivity contribution in [2.45, 2.75) is 12.0 Å². The molecule has 0 aromatic heterocycles. The van der Waals surface area contributed by atoms with Gasteiger partial charge in [-0.1, -0.05) is 18.2 Å². The van der Waals surface area contributed by atoms with Crippen LogP contribution in [-0.2, 0) is 0 Å². The second kappa shape index (κ2) is 4.68. The van der Waals surface area contributed by atoms with Gasteiger partial charge in [-0.05, 0) is 12.1 Å². The number of amides is 1. The van der Waals surface area contributed by atoms with Crippen LogP contribution in [0.5, 0.6) is 0 Å². The lowest BCUT2D eigenvalue weighted by atomic mass is 10.2. The van der Waals surface area contributed by atoms with E-state index in [-0.39, 0.29) is 5.56 Å². The van der Waals surface area contributed by atoms with Crippen molar-refractivity contribution >= 4 is 5.91 Å². The molecule has 1 aromatic carbocycles. The molecule has 0 saturated carbocycles. The highest BCUT2D eigenvalue weighted by atomic mass is 19.4. The monoisotopic (exact) mass is 253 g/mol. The summed E-state index contributed by atoms with van der Waals surface area (Å²) in [5.74, 6) is -5.69. The van der Waals surface area contributed by atoms with Crippen LogP contribution < -0.4 is 5.32 Å². The fourth-order valence-corrected chi connectivity index (χ4v) is 1.02. The average Bonchev–Trinajstić information content (AvgIpc) is 2.28. The number of hydrogen-bond donors (Lipinski definition) is 1. The van der Waals surface area contributed by atoms with E-state index in [1.54, 1.807) is 0 Å². The van der Waals surface area contributed by atoms with Crippen molar-refractivity contribution in [3.63, 3.8) is 0 Å². The summed E-state index contributed by atoms with van der Waals surface area (Å²) < 4.78 is 61.7. The molecule has 0 bridgehead atoms. The zero-order valence-electron chi connectivity index (χ0n) is 8.39. The lowest BCUT2D eigenvalue weighted by Gasteiger charge is -2.25. The van der Waals surface area contributed by atoms with Gasteiger partial charge in [-0.3, -0.25) is 4.79 Å². The number of carbonyl (C=O) groups is 1. The lowest BCUT2D eigenvalue weighted by molar-refractivity contribution is -0.242. The molecule has 7 heteroatoms. The smallest absolute Gasteiger partial charge is 0.310 e. The number of rotatable bonds is 3. The van der Waals surface area contributed by atoms with E-state index in [0.717, 1.165) is 5.32 Å². The predicted molar refractivity (Wildman–Crippen MR) is 49.8 cm³/mol. The highest BCUT2D eigenvalue weighted by Crippen LogP contribution is 2.32. The van der Waals surface area contributed by atoms with Crippen molar-refractivity contribution in [1.82, 2.24) is 5.32 Å². The van der Waals surface area contributed by atoms with Crippen molar-refractivity contribution in [3.05, 3.63) is 35.9 Å². The first-order valence-corrected chi connectivity index (χ1v) is 4.49. The van der Waals surface area contributed by atoms with Gasteiger partial charge in [-0.15, -0.1) is 0 Å². The summed E-state index contributed by atoms with van der Waals surface area (Å²) in [5.41, 5.74) is -0.188. The number of halogens is 5. The van der Waals surface area contributed by atoms with Crippen molar-refractivity contribution in [1.29, 1.82) is 0 Å². The van der Waals surface area contributed by atoms with Gasteiger partial charge in [0.25, 0.3) is 5.91 Å². The van der Waals surface area contributed by atoms with Crippen molar-refractivity contribution < 1.29 is 26.7 Å². The van der Waals surface area contributed by atoms with Crippen LogP contribution in [0.1, 0.15) is 10.4 Å². The molecule has 94 valence electrons. The summed E-state index contributed by atoms with van der Waals surface area (Å²) in [6.07, 6.45) is -5.51. The van der Waals surface area contributed by atoms with E-state index >= 15 is 0 Å². The third-order valence-corrected chi connectivity index (χ3v) is 1.98. The van der Waals surface area contributed by atoms with Crippen LogP contribution in [0, 0.1) is 0 Å². The Hall–Kier alpha value is -1.66. The van der Waals surface area contributed by atoms with Crippen molar-refractivity contribution in [3.8, 4) is 0 Å². The fourth-order valence-electron chi connectivity index (χ4n) is 1.02. The second-order valence-electron chi connectivity index (χ2n) is 3.25. The Bertz CT molecular complexity index is 391. The molecule has 0 aliphatic rings. The number of benzene rings is 1. The molecular weight excluding hydrogens is 245 g/mol. The first kappa shape index (κ1) is 13.4. The summed E-state index contributed by atoms with van der Waals surface area (Å²) in [4.78, 5) is 11.2. The molecule has 1 amide bonds. The summed E-state index contributed by atoms with van der Waals surface area (Å²) in [5, 5.41) is 0.994. The minimum absolute atomic E-state index is 0.188. The van der Waals surface area contributed by atoms with E-state index in [9.17, 15) is 26.7 Å². The summed E-state index contributed by atoms with van der Waals surface area (Å²) in [6, 6.07) is 6.67. The molecule has 1 N–H and O–H groups in total. The maximum absolute atomic E-state index is 13.1. The van der Waals surface area contributed by atoms with E-state index in [1.807, 2.05) is 0 Å². The summed E-state index contributed by atoms with van der Waals surface area (Å²) in [6.45, 7) is -2.38. The standard InChI is InChI=1S/C10H8F5NO/c11-6-9(12,10(13,14)15)16-8(17)7-4-2-1-3-5-7/h1-5H,6H2,(H,16,17)/t9-/m1/s1. The van der Waals surface area contributed by atoms with Gasteiger partial charge in [0.15, 0.2) is 6.67 Å². The second-order valence-corrected chi connectivity index (χ2v) is 3.25. The van der Waals surface area contributed by atoms with E-state index in [1.165, 1.54) is 30.3 Å². The topological polar surface area (TPSA) is 29.1 Å². The Morgan fingerprint density at radius 2 is 1.65 bits per heavy atom. The lowest BCUT2D eigenvalue weighted by Crippen LogP contribution is -2.57. The fraction of sp³-hybridized carbons (Fsp3) is 0.300. The van der Waals surface area contributed by atoms with Crippen LogP contribution in [0.2, 0.25) is 0 Å². The Kier molecular flexibility index (Phi) is 3.69. The molecule has 1 rings (SSSR count). The van der Waals surface area contributed by atoms with Gasteiger partial charge in [0.05, 0.1) is 0 Å². The predicted octanol–water partition coefficient (Wildman–Crippen LogP) is 2.61. The minimum atomic E-state index is -5.51. The largest absolute Gasteiger partial charge is 0.444 e. The van der Waals surface area contributed by atoms with Crippen LogP contribution in [0.15, 0.2) is 30.3 Å². The summed E-state index contributed by atoms with van der Waals surface area (Å²) in [7, 11) is 0. The first-order valence-electron chi connectivity index (χ1n) is 4.49. The van der Waals surface area contributed by atoms with Gasteiger partial charge >= 0.3 is 12.0 Å². The SMILES string of the molecule is O=C(N[C@](F)(CF)C(F)(F)F)c1ccccc1. The van der Waals surface area contributed by atoms with Crippen LogP contribution in [0.25, 0.3) is 0 Å². The Balaban J connectivity index is 2.87. The average molecular weight is 253 g/mol. The van der Waals surface area contributed by atoms with Crippen LogP contribution >= 0.6 is 0 Å². The molecule has 0 unspecified atom stereocenters. The zero-order chi connectivity index (χ0) is 13.1. The molecule has 2 nitrogen and oxygen atoms in total. The molecule has 0 saturated heterocycles. The van der Waals surface area contributed by atoms with Gasteiger partial charge < -0.3 is 5.32 Å². The molecule has 1 aromatic rings. The number of nitrogens with one attached hydrogen (secondary N) is 1. The van der Waals surface area contributed by atoms with E-state index in [4.69, 9.17) is 0 Å². The van der Waals surface area contributed by atoms with E-state index in [2.05, 4.69) is 0 Å². The van der Waals surface area contributed by atoms with Gasteiger partial charge in [0.2, 0.25) is 0 Å². The maximum atomic E-state index is 13.1. The Morgan fingerprint density at radius 1 is 1.12 bits per heavy atom. The van der Waals surface area contributed by atoms with Crippen LogP contribution in [0.4, 0.5) is 22.0 Å². The quantitative estimate of drug-likeness (QED) is 0.651. The van der Waals surface area contributed by atoms with Crippen molar-refractivity contribution in [2.24, 2.45) is 0 Å². The van der Waals surface area contributed by atoms with E-state index in [0.29, 0.717) is 0 Å². The normalized spacial score (nSPS) is 15.1. The van der Waals surface area contributed by atoms with Gasteiger partial charge in [-0.2, -0.15) is 13.2 Å². The van der Waals surface area contributed by atoms with Gasteiger partial charge in [-0.25, -0.2) is 8.78 Å². The number of hydrogen-bond acceptors (Lipinski definition) is 1. The van der Waals surface area contributed by atoms with Crippen molar-refractivity contribution in [2.75, 3.05) is 6.67 Å². The highest BCUT2D eigenvalue weighted by Gasteiger charge is 2.57. The Morgan fingerprint density at radius 3 is 2.06 bits per heavy atom. The molecule has 1 atom stereocenters. The third kappa shape index (κ3) is 2.92. The molecule has 0 radical (unpaired) electrons. The third-order valence-electron chi connectivity index (χ3n) is 1.98. The van der Waals surface area contributed by atoms with Crippen LogP contribution in [0.3, 0.4) is 0 Å². The molecule has 0 aliphatic heterocycles. The number of alkyl halides is 5. The van der Waals surface area contributed by atoms with Gasteiger partial charge in [0, 0.05) is 5.56 Å². The zero-order valence-corrected chi connectivity index (χ0v) is 8.39. The molecule has 0 fully saturated rings. The minimum Gasteiger partial charge on any atom is -0.310 e. The Labute approximate surface area is 93.4 Å². The van der Waals surface area contributed by atoms with Gasteiger partial charge in [0.1, 0.15) is 0 Å². The highest BCUT2D eigenvalue weighted by molar-refractivity contribution is 5.94. The van der Waals surface area contributed by atoms with Crippen LogP contribution in [-0.4, -0.2) is 24.6 Å². The number of carbonyl (C=O) groups excluding carboxylic acids is 1.